The first-order valence-electron chi connectivity index (χ1n) is 19.5. The SMILES string of the molecule is COc1ccccc1Oc1c(NS(=O)(=O)c2ccc(C(C)(C)C)cc2)nc(OCC(O[Si](c2ccccc2)c2ccccc2)C(C)(C)C)nc1OCCOc1ncc(Br)cn1. The summed E-state index contributed by atoms with van der Waals surface area (Å²) in [5.41, 5.74) is 0.361. The average molecular weight is 928 g/mol. The van der Waals surface area contributed by atoms with Gasteiger partial charge in [-0.05, 0) is 67.0 Å². The molecule has 2 heterocycles. The normalized spacial score (nSPS) is 12.4. The molecular weight excluding hydrogens is 879 g/mol. The maximum absolute atomic E-state index is 14.2. The summed E-state index contributed by atoms with van der Waals surface area (Å²) in [5.74, 6) is 0.0990. The minimum atomic E-state index is -4.26. The molecule has 61 heavy (non-hydrogen) atoms. The van der Waals surface area contributed by atoms with Gasteiger partial charge < -0.3 is 28.1 Å². The number of nitrogens with zero attached hydrogens (tertiary/aromatic N) is 4. The molecule has 319 valence electrons. The van der Waals surface area contributed by atoms with Crippen LogP contribution in [-0.2, 0) is 19.9 Å². The van der Waals surface area contributed by atoms with Gasteiger partial charge in [0.25, 0.3) is 24.9 Å². The van der Waals surface area contributed by atoms with E-state index in [9.17, 15) is 8.42 Å². The van der Waals surface area contributed by atoms with E-state index in [2.05, 4.69) is 106 Å². The van der Waals surface area contributed by atoms with Crippen LogP contribution in [0.15, 0.2) is 131 Å². The first-order chi connectivity index (χ1) is 29.1. The Morgan fingerprint density at radius 2 is 1.28 bits per heavy atom. The Hall–Kier alpha value is -5.55. The van der Waals surface area contributed by atoms with E-state index in [-0.39, 0.29) is 65.3 Å². The first-order valence-corrected chi connectivity index (χ1v) is 23.2. The molecule has 0 aliphatic carbocycles. The summed E-state index contributed by atoms with van der Waals surface area (Å²) in [6, 6.07) is 33.7. The fraction of sp³-hybridized carbons (Fsp3) is 0.289. The van der Waals surface area contributed by atoms with E-state index in [1.165, 1.54) is 7.11 Å². The van der Waals surface area contributed by atoms with Gasteiger partial charge in [-0.1, -0.05) is 126 Å². The van der Waals surface area contributed by atoms with Crippen LogP contribution in [0.25, 0.3) is 0 Å². The lowest BCUT2D eigenvalue weighted by Crippen LogP contribution is -2.51. The molecule has 1 atom stereocenters. The van der Waals surface area contributed by atoms with Gasteiger partial charge in [0.15, 0.2) is 17.3 Å². The molecule has 6 aromatic rings. The van der Waals surface area contributed by atoms with Gasteiger partial charge in [-0.2, -0.15) is 9.97 Å². The van der Waals surface area contributed by atoms with E-state index in [0.29, 0.717) is 10.2 Å². The lowest BCUT2D eigenvalue weighted by molar-refractivity contribution is 0.0399. The zero-order chi connectivity index (χ0) is 43.6. The maximum atomic E-state index is 14.2. The molecule has 0 fully saturated rings. The van der Waals surface area contributed by atoms with E-state index in [1.807, 2.05) is 36.4 Å². The third-order valence-corrected chi connectivity index (χ3v) is 13.2. The topological polar surface area (TPSA) is 153 Å². The fourth-order valence-corrected chi connectivity index (χ4v) is 9.26. The first kappa shape index (κ1) is 45.0. The second-order valence-electron chi connectivity index (χ2n) is 15.8. The summed E-state index contributed by atoms with van der Waals surface area (Å²) in [6.07, 6.45) is 2.65. The Morgan fingerprint density at radius 1 is 0.705 bits per heavy atom. The van der Waals surface area contributed by atoms with Crippen molar-refractivity contribution in [2.24, 2.45) is 5.41 Å². The molecule has 0 aliphatic heterocycles. The van der Waals surface area contributed by atoms with Gasteiger partial charge in [0.1, 0.15) is 19.8 Å². The van der Waals surface area contributed by atoms with Crippen molar-refractivity contribution in [1.82, 2.24) is 19.9 Å². The van der Waals surface area contributed by atoms with E-state index in [4.69, 9.17) is 28.1 Å². The number of methoxy groups -OCH3 is 1. The molecule has 6 rings (SSSR count). The fourth-order valence-electron chi connectivity index (χ4n) is 5.75. The zero-order valence-electron chi connectivity index (χ0n) is 35.1. The van der Waals surface area contributed by atoms with Gasteiger partial charge in [-0.15, -0.1) is 0 Å². The van der Waals surface area contributed by atoms with Crippen molar-refractivity contribution in [2.75, 3.05) is 31.7 Å². The molecule has 0 saturated heterocycles. The van der Waals surface area contributed by atoms with Crippen LogP contribution in [0.1, 0.15) is 47.1 Å². The summed E-state index contributed by atoms with van der Waals surface area (Å²) in [7, 11) is -4.52. The number of hydrogen-bond donors (Lipinski definition) is 1. The van der Waals surface area contributed by atoms with Gasteiger partial charge in [-0.3, -0.25) is 4.72 Å². The third-order valence-electron chi connectivity index (χ3n) is 9.17. The number of ether oxygens (including phenoxy) is 5. The number of sulfonamides is 1. The summed E-state index contributed by atoms with van der Waals surface area (Å²) in [5, 5.41) is 2.14. The van der Waals surface area contributed by atoms with Crippen molar-refractivity contribution in [3.8, 4) is 35.1 Å². The van der Waals surface area contributed by atoms with Gasteiger partial charge >= 0.3 is 12.0 Å². The van der Waals surface area contributed by atoms with Crippen molar-refractivity contribution in [1.29, 1.82) is 0 Å². The molecule has 0 bridgehead atoms. The van der Waals surface area contributed by atoms with Crippen molar-refractivity contribution in [3.05, 3.63) is 132 Å². The number of nitrogens with one attached hydrogen (secondary N) is 1. The minimum Gasteiger partial charge on any atom is -0.493 e. The van der Waals surface area contributed by atoms with E-state index in [1.54, 1.807) is 60.9 Å². The lowest BCUT2D eigenvalue weighted by Gasteiger charge is -2.33. The smallest absolute Gasteiger partial charge is 0.322 e. The molecule has 0 saturated carbocycles. The van der Waals surface area contributed by atoms with Crippen LogP contribution in [0.2, 0.25) is 0 Å². The highest BCUT2D eigenvalue weighted by molar-refractivity contribution is 9.10. The molecule has 0 spiro atoms. The molecule has 1 unspecified atom stereocenters. The Kier molecular flexibility index (Phi) is 14.7. The summed E-state index contributed by atoms with van der Waals surface area (Å²) >= 11 is 3.32. The largest absolute Gasteiger partial charge is 0.493 e. The molecule has 4 aromatic carbocycles. The highest BCUT2D eigenvalue weighted by Crippen LogP contribution is 2.42. The molecule has 1 N–H and O–H groups in total. The predicted molar refractivity (Wildman–Crippen MR) is 240 cm³/mol. The highest BCUT2D eigenvalue weighted by atomic mass is 79.9. The second kappa shape index (κ2) is 19.9. The number of rotatable bonds is 18. The van der Waals surface area contributed by atoms with Gasteiger partial charge in [0.2, 0.25) is 5.75 Å². The number of aromatic nitrogens is 4. The van der Waals surface area contributed by atoms with Crippen LogP contribution >= 0.6 is 15.9 Å². The van der Waals surface area contributed by atoms with Crippen LogP contribution in [0.5, 0.6) is 35.1 Å². The number of hydrogen-bond acceptors (Lipinski definition) is 12. The van der Waals surface area contributed by atoms with Gasteiger partial charge in [0, 0.05) is 12.4 Å². The molecule has 0 aliphatic rings. The average Bonchev–Trinajstić information content (AvgIpc) is 3.24. The Bertz CT molecular complexity index is 2420. The van der Waals surface area contributed by atoms with Crippen molar-refractivity contribution in [3.63, 3.8) is 0 Å². The van der Waals surface area contributed by atoms with E-state index in [0.717, 1.165) is 15.9 Å². The number of benzene rings is 4. The third kappa shape index (κ3) is 12.3. The summed E-state index contributed by atoms with van der Waals surface area (Å²) in [6.45, 7) is 12.3. The Morgan fingerprint density at radius 3 is 1.85 bits per heavy atom. The predicted octanol–water partition coefficient (Wildman–Crippen LogP) is 8.00. The van der Waals surface area contributed by atoms with Crippen molar-refractivity contribution in [2.45, 2.75) is 58.0 Å². The quantitative estimate of drug-likeness (QED) is 0.0657. The van der Waals surface area contributed by atoms with Crippen LogP contribution < -0.4 is 38.8 Å². The second-order valence-corrected chi connectivity index (χ2v) is 20.5. The van der Waals surface area contributed by atoms with Crippen LogP contribution in [0, 0.1) is 5.41 Å². The highest BCUT2D eigenvalue weighted by Gasteiger charge is 2.33. The van der Waals surface area contributed by atoms with Crippen LogP contribution in [0.4, 0.5) is 5.82 Å². The molecule has 13 nitrogen and oxygen atoms in total. The van der Waals surface area contributed by atoms with E-state index < -0.39 is 30.6 Å². The molecule has 2 aromatic heterocycles. The number of para-hydroxylation sites is 2. The Labute approximate surface area is 367 Å². The molecule has 1 radical (unpaired) electrons. The minimum absolute atomic E-state index is 0.000796. The number of anilines is 1. The van der Waals surface area contributed by atoms with Crippen molar-refractivity contribution < 1.29 is 36.5 Å². The van der Waals surface area contributed by atoms with Crippen molar-refractivity contribution >= 4 is 51.2 Å². The monoisotopic (exact) mass is 926 g/mol. The van der Waals surface area contributed by atoms with E-state index >= 15 is 0 Å². The zero-order valence-corrected chi connectivity index (χ0v) is 38.5. The van der Waals surface area contributed by atoms with Crippen LogP contribution in [0.3, 0.4) is 0 Å². The van der Waals surface area contributed by atoms with Crippen LogP contribution in [-0.4, -0.2) is 70.4 Å². The number of halogens is 1. The summed E-state index contributed by atoms with van der Waals surface area (Å²) in [4.78, 5) is 17.5. The molecule has 0 amide bonds. The van der Waals surface area contributed by atoms with Gasteiger partial charge in [-0.25, -0.2) is 18.4 Å². The molecular formula is C45H49BrN5O8SSi. The van der Waals surface area contributed by atoms with Gasteiger partial charge in [0.05, 0.1) is 22.6 Å². The lowest BCUT2D eigenvalue weighted by atomic mass is 9.87. The molecule has 16 heteroatoms. The maximum Gasteiger partial charge on any atom is 0.322 e. The standard InChI is InChI=1S/C45H49BrN5O8SSi/c1-44(2,3)31-22-24-33(25-23-31)60(52,53)51-40-39(58-37-21-15-14-20-36(37)54-7)41(55-26-27-56-42-47-28-32(46)29-48-42)50-43(49-40)57-30-38(45(4,5)6)59-61(34-16-10-8-11-17-34)35-18-12-9-13-19-35/h8-25,28-29,38H,26-27,30H2,1-7H3,(H,49,50,51). The Balaban J connectivity index is 1.39. The summed E-state index contributed by atoms with van der Waals surface area (Å²) < 4.78 is 68.8.